The third-order valence-electron chi connectivity index (χ3n) is 2.58. The monoisotopic (exact) mass is 303 g/mol. The highest BCUT2D eigenvalue weighted by atomic mass is 79.9. The second kappa shape index (κ2) is 4.78. The van der Waals surface area contributed by atoms with Crippen LogP contribution in [0.25, 0.3) is 5.52 Å². The van der Waals surface area contributed by atoms with E-state index in [2.05, 4.69) is 25.9 Å². The number of imidazole rings is 1. The molecule has 90 valence electrons. The molecule has 0 unspecified atom stereocenters. The number of nitrogens with zero attached hydrogens (tertiary/aromatic N) is 3. The molecule has 0 amide bonds. The van der Waals surface area contributed by atoms with Crippen LogP contribution in [0.1, 0.15) is 5.82 Å². The average molecular weight is 304 g/mol. The van der Waals surface area contributed by atoms with Gasteiger partial charge in [0, 0.05) is 12.4 Å². The number of rotatable bonds is 3. The smallest absolute Gasteiger partial charge is 0.152 e. The molecule has 0 saturated heterocycles. The zero-order valence-corrected chi connectivity index (χ0v) is 11.0. The summed E-state index contributed by atoms with van der Waals surface area (Å²) in [6.45, 7) is 0.405. The predicted molar refractivity (Wildman–Crippen MR) is 71.5 cm³/mol. The molecule has 3 heterocycles. The predicted octanol–water partition coefficient (Wildman–Crippen LogP) is 3.07. The van der Waals surface area contributed by atoms with Gasteiger partial charge in [0.2, 0.25) is 0 Å². The number of pyridine rings is 2. The van der Waals surface area contributed by atoms with Crippen LogP contribution >= 0.6 is 15.9 Å². The van der Waals surface area contributed by atoms with Crippen LogP contribution in [0, 0.1) is 0 Å². The van der Waals surface area contributed by atoms with Gasteiger partial charge < -0.3 is 4.74 Å². The Morgan fingerprint density at radius 1 is 1.22 bits per heavy atom. The Balaban J connectivity index is 1.87. The molecular weight excluding hydrogens is 294 g/mol. The van der Waals surface area contributed by atoms with Crippen LogP contribution in [0.15, 0.2) is 53.5 Å². The maximum atomic E-state index is 5.65. The van der Waals surface area contributed by atoms with Crippen LogP contribution in [0.5, 0.6) is 5.75 Å². The second-order valence-corrected chi connectivity index (χ2v) is 4.50. The van der Waals surface area contributed by atoms with Crippen molar-refractivity contribution in [2.45, 2.75) is 6.61 Å². The van der Waals surface area contributed by atoms with E-state index in [1.54, 1.807) is 12.4 Å². The van der Waals surface area contributed by atoms with Gasteiger partial charge in [0.1, 0.15) is 17.0 Å². The number of ether oxygens (including phenoxy) is 1. The highest BCUT2D eigenvalue weighted by Crippen LogP contribution is 2.19. The first kappa shape index (κ1) is 11.2. The normalized spacial score (nSPS) is 10.7. The number of aromatic nitrogens is 3. The van der Waals surface area contributed by atoms with E-state index in [0.717, 1.165) is 21.7 Å². The Bertz CT molecular complexity index is 666. The Morgan fingerprint density at radius 2 is 2.17 bits per heavy atom. The Kier molecular flexibility index (Phi) is 2.98. The molecule has 18 heavy (non-hydrogen) atoms. The van der Waals surface area contributed by atoms with E-state index < -0.39 is 0 Å². The van der Waals surface area contributed by atoms with Crippen LogP contribution in [0.2, 0.25) is 0 Å². The molecule has 0 N–H and O–H groups in total. The van der Waals surface area contributed by atoms with Gasteiger partial charge in [0.15, 0.2) is 5.82 Å². The van der Waals surface area contributed by atoms with Crippen molar-refractivity contribution in [3.63, 3.8) is 0 Å². The third-order valence-corrected chi connectivity index (χ3v) is 3.16. The molecule has 0 fully saturated rings. The minimum atomic E-state index is 0.405. The minimum absolute atomic E-state index is 0.405. The Hall–Kier alpha value is -1.88. The van der Waals surface area contributed by atoms with E-state index in [1.807, 2.05) is 40.9 Å². The van der Waals surface area contributed by atoms with E-state index in [-0.39, 0.29) is 0 Å². The molecule has 0 atom stereocenters. The topological polar surface area (TPSA) is 39.4 Å². The minimum Gasteiger partial charge on any atom is -0.484 e. The van der Waals surface area contributed by atoms with Gasteiger partial charge in [0.25, 0.3) is 0 Å². The van der Waals surface area contributed by atoms with E-state index in [4.69, 9.17) is 4.74 Å². The summed E-state index contributed by atoms with van der Waals surface area (Å²) in [5.74, 6) is 1.59. The first-order chi connectivity index (χ1) is 8.84. The summed E-state index contributed by atoms with van der Waals surface area (Å²) in [5, 5.41) is 0. The summed E-state index contributed by atoms with van der Waals surface area (Å²) < 4.78 is 8.47. The van der Waals surface area contributed by atoms with Gasteiger partial charge in [-0.3, -0.25) is 9.38 Å². The van der Waals surface area contributed by atoms with Crippen molar-refractivity contribution < 1.29 is 4.74 Å². The Labute approximate surface area is 112 Å². The molecule has 0 spiro atoms. The van der Waals surface area contributed by atoms with Crippen molar-refractivity contribution in [3.05, 3.63) is 59.3 Å². The number of fused-ring (bicyclic) bond motifs is 1. The lowest BCUT2D eigenvalue weighted by Gasteiger charge is -2.04. The molecule has 3 aromatic rings. The molecule has 5 heteroatoms. The van der Waals surface area contributed by atoms with Gasteiger partial charge in [-0.25, -0.2) is 4.98 Å². The molecule has 0 aliphatic carbocycles. The van der Waals surface area contributed by atoms with Crippen LogP contribution in [0.4, 0.5) is 0 Å². The first-order valence-corrected chi connectivity index (χ1v) is 6.28. The fourth-order valence-electron chi connectivity index (χ4n) is 1.74. The van der Waals surface area contributed by atoms with Crippen LogP contribution in [-0.4, -0.2) is 14.4 Å². The zero-order valence-electron chi connectivity index (χ0n) is 9.45. The quantitative estimate of drug-likeness (QED) is 0.746. The lowest BCUT2D eigenvalue weighted by molar-refractivity contribution is 0.294. The molecule has 3 rings (SSSR count). The van der Waals surface area contributed by atoms with Crippen molar-refractivity contribution in [1.29, 1.82) is 0 Å². The Morgan fingerprint density at radius 3 is 3.00 bits per heavy atom. The fraction of sp³-hybridized carbons (Fsp3) is 0.0769. The van der Waals surface area contributed by atoms with Crippen LogP contribution < -0.4 is 4.74 Å². The van der Waals surface area contributed by atoms with Gasteiger partial charge in [-0.1, -0.05) is 6.07 Å². The summed E-state index contributed by atoms with van der Waals surface area (Å²) in [4.78, 5) is 8.44. The van der Waals surface area contributed by atoms with Crippen molar-refractivity contribution in [2.75, 3.05) is 0 Å². The second-order valence-electron chi connectivity index (χ2n) is 3.75. The molecule has 0 aliphatic heterocycles. The van der Waals surface area contributed by atoms with Crippen molar-refractivity contribution >= 4 is 21.4 Å². The van der Waals surface area contributed by atoms with Gasteiger partial charge in [0.05, 0.1) is 11.7 Å². The SMILES string of the molecule is Brc1nc(COc2cccnc2)n2ccccc12. The zero-order chi connectivity index (χ0) is 12.4. The molecule has 0 saturated carbocycles. The highest BCUT2D eigenvalue weighted by molar-refractivity contribution is 9.10. The lowest BCUT2D eigenvalue weighted by atomic mass is 10.4. The van der Waals surface area contributed by atoms with Crippen LogP contribution in [-0.2, 0) is 6.61 Å². The molecule has 0 bridgehead atoms. The van der Waals surface area contributed by atoms with E-state index >= 15 is 0 Å². The molecular formula is C13H10BrN3O. The molecule has 0 radical (unpaired) electrons. The molecule has 0 aromatic carbocycles. The average Bonchev–Trinajstić information content (AvgIpc) is 2.75. The van der Waals surface area contributed by atoms with Gasteiger partial charge in [-0.2, -0.15) is 0 Å². The van der Waals surface area contributed by atoms with Crippen molar-refractivity contribution in [2.24, 2.45) is 0 Å². The summed E-state index contributed by atoms with van der Waals surface area (Å²) in [6.07, 6.45) is 5.37. The maximum absolute atomic E-state index is 5.65. The number of halogens is 1. The van der Waals surface area contributed by atoms with Crippen LogP contribution in [0.3, 0.4) is 0 Å². The van der Waals surface area contributed by atoms with Crippen molar-refractivity contribution in [1.82, 2.24) is 14.4 Å². The summed E-state index contributed by atoms with van der Waals surface area (Å²) in [7, 11) is 0. The van der Waals surface area contributed by atoms with E-state index in [9.17, 15) is 0 Å². The van der Waals surface area contributed by atoms with Gasteiger partial charge >= 0.3 is 0 Å². The largest absolute Gasteiger partial charge is 0.484 e. The van der Waals surface area contributed by atoms with Crippen molar-refractivity contribution in [3.8, 4) is 5.75 Å². The summed E-state index contributed by atoms with van der Waals surface area (Å²) >= 11 is 3.44. The number of hydrogen-bond donors (Lipinski definition) is 0. The standard InChI is InChI=1S/C13H10BrN3O/c14-13-11-5-1-2-7-17(11)12(16-13)9-18-10-4-3-6-15-8-10/h1-8H,9H2. The first-order valence-electron chi connectivity index (χ1n) is 5.49. The van der Waals surface area contributed by atoms with E-state index in [1.165, 1.54) is 0 Å². The van der Waals surface area contributed by atoms with E-state index in [0.29, 0.717) is 6.61 Å². The maximum Gasteiger partial charge on any atom is 0.152 e. The fourth-order valence-corrected chi connectivity index (χ4v) is 2.27. The molecule has 3 aromatic heterocycles. The lowest BCUT2D eigenvalue weighted by Crippen LogP contribution is -2.01. The third kappa shape index (κ3) is 2.09. The summed E-state index contributed by atoms with van der Waals surface area (Å²) in [6, 6.07) is 9.67. The van der Waals surface area contributed by atoms with Gasteiger partial charge in [-0.15, -0.1) is 0 Å². The number of hydrogen-bond acceptors (Lipinski definition) is 3. The van der Waals surface area contributed by atoms with Gasteiger partial charge in [-0.05, 0) is 40.2 Å². The summed E-state index contributed by atoms with van der Waals surface area (Å²) in [5.41, 5.74) is 1.03. The molecule has 4 nitrogen and oxygen atoms in total. The highest BCUT2D eigenvalue weighted by Gasteiger charge is 2.08. The molecule has 0 aliphatic rings.